The Hall–Kier alpha value is -0.660. The first kappa shape index (κ1) is 9.34. The van der Waals surface area contributed by atoms with Crippen molar-refractivity contribution >= 4 is 12.4 Å². The lowest BCUT2D eigenvalue weighted by atomic mass is 10.1. The zero-order valence-electron chi connectivity index (χ0n) is 7.39. The molecule has 0 aliphatic heterocycles. The van der Waals surface area contributed by atoms with Gasteiger partial charge < -0.3 is 0 Å². The van der Waals surface area contributed by atoms with E-state index in [2.05, 4.69) is 32.6 Å². The van der Waals surface area contributed by atoms with Gasteiger partial charge in [0, 0.05) is 0 Å². The van der Waals surface area contributed by atoms with Crippen LogP contribution in [0.4, 0.5) is 0 Å². The Morgan fingerprint density at radius 1 is 1.60 bits per heavy atom. The molecule has 0 aromatic carbocycles. The predicted octanol–water partition coefficient (Wildman–Crippen LogP) is 1.75. The van der Waals surface area contributed by atoms with Crippen LogP contribution < -0.4 is 0 Å². The van der Waals surface area contributed by atoms with E-state index < -0.39 is 0 Å². The molecular formula is C8H17N2+. The quantitative estimate of drug-likeness (QED) is 0.323. The Balaban J connectivity index is 4.18. The second-order valence-corrected chi connectivity index (χ2v) is 2.76. The van der Waals surface area contributed by atoms with Crippen LogP contribution in [-0.4, -0.2) is 24.2 Å². The summed E-state index contributed by atoms with van der Waals surface area (Å²) in [5.74, 6) is 0.536. The maximum absolute atomic E-state index is 4.23. The van der Waals surface area contributed by atoms with E-state index in [0.717, 1.165) is 6.42 Å². The van der Waals surface area contributed by atoms with Gasteiger partial charge in [0.15, 0.2) is 13.8 Å². The van der Waals surface area contributed by atoms with Crippen molar-refractivity contribution in [2.75, 3.05) is 7.05 Å². The molecule has 0 aromatic heterocycles. The monoisotopic (exact) mass is 141 g/mol. The molecule has 0 saturated heterocycles. The summed E-state index contributed by atoms with van der Waals surface area (Å²) < 4.78 is 1.61. The largest absolute Gasteiger partial charge is 0.163 e. The highest BCUT2D eigenvalue weighted by Crippen LogP contribution is 2.00. The standard InChI is InChI=1S/C8H17N2/c1-6-8(7(2)3)9-10(4)5/h7H,4,6H2,1-3,5H3/q+1/b9-8+. The molecule has 2 heteroatoms. The van der Waals surface area contributed by atoms with E-state index >= 15 is 0 Å². The first-order valence-corrected chi connectivity index (χ1v) is 3.69. The van der Waals surface area contributed by atoms with E-state index in [9.17, 15) is 0 Å². The molecule has 10 heavy (non-hydrogen) atoms. The molecule has 0 heterocycles. The van der Waals surface area contributed by atoms with Crippen LogP contribution in [0, 0.1) is 5.92 Å². The molecule has 0 amide bonds. The summed E-state index contributed by atoms with van der Waals surface area (Å²) in [6.07, 6.45) is 1.01. The minimum atomic E-state index is 0.536. The second kappa shape index (κ2) is 4.20. The third kappa shape index (κ3) is 3.38. The molecule has 0 aliphatic carbocycles. The van der Waals surface area contributed by atoms with E-state index in [1.165, 1.54) is 5.71 Å². The van der Waals surface area contributed by atoms with E-state index in [0.29, 0.717) is 5.92 Å². The smallest absolute Gasteiger partial charge is 0.101 e. The van der Waals surface area contributed by atoms with Crippen molar-refractivity contribution < 1.29 is 4.68 Å². The second-order valence-electron chi connectivity index (χ2n) is 2.76. The van der Waals surface area contributed by atoms with Gasteiger partial charge in [-0.1, -0.05) is 20.8 Å². The van der Waals surface area contributed by atoms with Crippen molar-refractivity contribution in [3.05, 3.63) is 0 Å². The zero-order chi connectivity index (χ0) is 8.15. The maximum Gasteiger partial charge on any atom is 0.163 e. The van der Waals surface area contributed by atoms with Crippen LogP contribution in [0.5, 0.6) is 0 Å². The fourth-order valence-corrected chi connectivity index (χ4v) is 0.814. The summed E-state index contributed by atoms with van der Waals surface area (Å²) in [5, 5.41) is 4.23. The Bertz CT molecular complexity index is 145. The van der Waals surface area contributed by atoms with Crippen molar-refractivity contribution in [1.82, 2.24) is 0 Å². The van der Waals surface area contributed by atoms with Crippen molar-refractivity contribution in [2.24, 2.45) is 11.0 Å². The minimum Gasteiger partial charge on any atom is -0.101 e. The first-order chi connectivity index (χ1) is 4.57. The molecule has 0 spiro atoms. The average Bonchev–Trinajstić information content (AvgIpc) is 1.81. The highest BCUT2D eigenvalue weighted by atomic mass is 15.3. The Kier molecular flexibility index (Phi) is 3.93. The molecule has 58 valence electrons. The summed E-state index contributed by atoms with van der Waals surface area (Å²) in [6, 6.07) is 0. The molecule has 0 rings (SSSR count). The fraction of sp³-hybridized carbons (Fsp3) is 0.750. The average molecular weight is 141 g/mol. The summed E-state index contributed by atoms with van der Waals surface area (Å²) in [5.41, 5.74) is 1.21. The van der Waals surface area contributed by atoms with Crippen LogP contribution >= 0.6 is 0 Å². The van der Waals surface area contributed by atoms with Gasteiger partial charge in [-0.05, 0) is 17.4 Å². The summed E-state index contributed by atoms with van der Waals surface area (Å²) in [7, 11) is 1.85. The SMILES string of the molecule is C=[N+](C)/N=C(\CC)C(C)C. The van der Waals surface area contributed by atoms with Crippen molar-refractivity contribution in [3.63, 3.8) is 0 Å². The first-order valence-electron chi connectivity index (χ1n) is 3.69. The molecule has 0 saturated carbocycles. The molecule has 0 unspecified atom stereocenters. The Morgan fingerprint density at radius 2 is 2.10 bits per heavy atom. The number of hydrazone groups is 1. The molecule has 0 N–H and O–H groups in total. The Labute approximate surface area is 63.3 Å². The van der Waals surface area contributed by atoms with Gasteiger partial charge in [-0.2, -0.15) is 0 Å². The van der Waals surface area contributed by atoms with Gasteiger partial charge in [0.1, 0.15) is 0 Å². The molecule has 0 bridgehead atoms. The van der Waals surface area contributed by atoms with Gasteiger partial charge in [0.05, 0.1) is 5.71 Å². The van der Waals surface area contributed by atoms with Crippen molar-refractivity contribution in [3.8, 4) is 0 Å². The van der Waals surface area contributed by atoms with Gasteiger partial charge in [-0.15, -0.1) is 4.68 Å². The molecule has 2 nitrogen and oxygen atoms in total. The van der Waals surface area contributed by atoms with Crippen LogP contribution in [0.15, 0.2) is 5.10 Å². The van der Waals surface area contributed by atoms with Crippen molar-refractivity contribution in [1.29, 1.82) is 0 Å². The Morgan fingerprint density at radius 3 is 2.20 bits per heavy atom. The van der Waals surface area contributed by atoms with Gasteiger partial charge in [0.25, 0.3) is 0 Å². The molecule has 0 aliphatic rings. The van der Waals surface area contributed by atoms with Gasteiger partial charge in [-0.3, -0.25) is 0 Å². The van der Waals surface area contributed by atoms with Crippen molar-refractivity contribution in [2.45, 2.75) is 27.2 Å². The van der Waals surface area contributed by atoms with E-state index in [-0.39, 0.29) is 0 Å². The number of hydrogen-bond donors (Lipinski definition) is 0. The van der Waals surface area contributed by atoms with Crippen LogP contribution in [0.25, 0.3) is 0 Å². The van der Waals surface area contributed by atoms with E-state index in [1.807, 2.05) is 7.05 Å². The maximum atomic E-state index is 4.23. The number of nitrogens with zero attached hydrogens (tertiary/aromatic N) is 2. The lowest BCUT2D eigenvalue weighted by Gasteiger charge is -2.01. The summed E-state index contributed by atoms with van der Waals surface area (Å²) in [4.78, 5) is 0. The third-order valence-corrected chi connectivity index (χ3v) is 1.33. The normalized spacial score (nSPS) is 12.3. The van der Waals surface area contributed by atoms with E-state index in [4.69, 9.17) is 0 Å². The molecule has 0 aromatic rings. The van der Waals surface area contributed by atoms with Gasteiger partial charge >= 0.3 is 0 Å². The number of rotatable bonds is 3. The fourth-order valence-electron chi connectivity index (χ4n) is 0.814. The molecule has 0 atom stereocenters. The van der Waals surface area contributed by atoms with Gasteiger partial charge in [0.2, 0.25) is 0 Å². The van der Waals surface area contributed by atoms with Crippen LogP contribution in [0.2, 0.25) is 0 Å². The molecule has 0 fully saturated rings. The van der Waals surface area contributed by atoms with Crippen LogP contribution in [0.3, 0.4) is 0 Å². The van der Waals surface area contributed by atoms with E-state index in [1.54, 1.807) is 4.68 Å². The molecule has 0 radical (unpaired) electrons. The lowest BCUT2D eigenvalue weighted by molar-refractivity contribution is -0.493. The van der Waals surface area contributed by atoms with Crippen LogP contribution in [0.1, 0.15) is 27.2 Å². The topological polar surface area (TPSA) is 15.4 Å². The zero-order valence-corrected chi connectivity index (χ0v) is 7.39. The predicted molar refractivity (Wildman–Crippen MR) is 45.9 cm³/mol. The summed E-state index contributed by atoms with van der Waals surface area (Å²) >= 11 is 0. The summed E-state index contributed by atoms with van der Waals surface area (Å²) in [6.45, 7) is 10.1. The third-order valence-electron chi connectivity index (χ3n) is 1.33. The highest BCUT2D eigenvalue weighted by Gasteiger charge is 2.04. The molecular weight excluding hydrogens is 124 g/mol. The van der Waals surface area contributed by atoms with Crippen LogP contribution in [-0.2, 0) is 0 Å². The lowest BCUT2D eigenvalue weighted by Crippen LogP contribution is -2.09. The number of hydrogen-bond acceptors (Lipinski definition) is 1. The highest BCUT2D eigenvalue weighted by molar-refractivity contribution is 5.85. The minimum absolute atomic E-state index is 0.536. The van der Waals surface area contributed by atoms with Gasteiger partial charge in [-0.25, -0.2) is 0 Å².